The van der Waals surface area contributed by atoms with Gasteiger partial charge in [0.05, 0.1) is 30.4 Å². The standard InChI is InChI=1S/C21H17F3N6O4/c1-30(17(31)20(6-7-20)29-19(32)34-13-8-25-12-26-9-13)18-27-10-14(11-28-18)33-16-5-3-2-4-15(16)21(22,23)24/h2-5,8-12H,6-7H2,1H3,(H,29,32). The summed E-state index contributed by atoms with van der Waals surface area (Å²) in [7, 11) is 1.41. The maximum Gasteiger partial charge on any atom is 0.419 e. The number of hydrogen-bond acceptors (Lipinski definition) is 8. The number of aromatic nitrogens is 4. The summed E-state index contributed by atoms with van der Waals surface area (Å²) in [6.45, 7) is 0. The van der Waals surface area contributed by atoms with Crippen molar-refractivity contribution in [2.24, 2.45) is 0 Å². The lowest BCUT2D eigenvalue weighted by Crippen LogP contribution is -2.50. The minimum absolute atomic E-state index is 0.0284. The van der Waals surface area contributed by atoms with Crippen LogP contribution in [0.3, 0.4) is 0 Å². The molecule has 2 amide bonds. The molecule has 0 spiro atoms. The Hall–Kier alpha value is -4.29. The van der Waals surface area contributed by atoms with Crippen molar-refractivity contribution in [3.05, 3.63) is 60.9 Å². The zero-order valence-corrected chi connectivity index (χ0v) is 17.6. The van der Waals surface area contributed by atoms with Gasteiger partial charge in [-0.1, -0.05) is 12.1 Å². The molecule has 13 heteroatoms. The number of nitrogens with zero attached hydrogens (tertiary/aromatic N) is 5. The van der Waals surface area contributed by atoms with E-state index < -0.39 is 35.0 Å². The minimum atomic E-state index is -4.59. The molecule has 10 nitrogen and oxygen atoms in total. The number of carbonyl (C=O) groups is 2. The number of hydrogen-bond donors (Lipinski definition) is 1. The molecule has 3 aromatic rings. The summed E-state index contributed by atoms with van der Waals surface area (Å²) < 4.78 is 49.8. The first-order valence-electron chi connectivity index (χ1n) is 9.87. The van der Waals surface area contributed by atoms with E-state index in [0.29, 0.717) is 12.8 Å². The zero-order chi connectivity index (χ0) is 24.3. The number of carbonyl (C=O) groups excluding carboxylic acids is 2. The second kappa shape index (κ2) is 8.92. The molecule has 1 aromatic carbocycles. The van der Waals surface area contributed by atoms with Gasteiger partial charge in [0.25, 0.3) is 5.91 Å². The van der Waals surface area contributed by atoms with Crippen LogP contribution in [0.2, 0.25) is 0 Å². The number of anilines is 1. The van der Waals surface area contributed by atoms with E-state index in [0.717, 1.165) is 23.4 Å². The first-order valence-corrected chi connectivity index (χ1v) is 9.87. The fourth-order valence-electron chi connectivity index (χ4n) is 3.05. The van der Waals surface area contributed by atoms with E-state index in [4.69, 9.17) is 9.47 Å². The Morgan fingerprint density at radius 1 is 1.03 bits per heavy atom. The largest absolute Gasteiger partial charge is 0.453 e. The Balaban J connectivity index is 1.41. The van der Waals surface area contributed by atoms with Gasteiger partial charge >= 0.3 is 12.3 Å². The molecular formula is C21H17F3N6O4. The molecule has 0 bridgehead atoms. The van der Waals surface area contributed by atoms with Crippen molar-refractivity contribution in [1.29, 1.82) is 0 Å². The maximum atomic E-state index is 13.1. The van der Waals surface area contributed by atoms with E-state index in [1.54, 1.807) is 0 Å². The summed E-state index contributed by atoms with van der Waals surface area (Å²) in [5.41, 5.74) is -2.12. The molecule has 2 heterocycles. The molecule has 1 fully saturated rings. The smallest absolute Gasteiger partial charge is 0.419 e. The summed E-state index contributed by atoms with van der Waals surface area (Å²) in [5, 5.41) is 2.54. The van der Waals surface area contributed by atoms with Crippen LogP contribution in [0.25, 0.3) is 0 Å². The number of rotatable bonds is 6. The Labute approximate surface area is 190 Å². The normalized spacial score (nSPS) is 14.1. The van der Waals surface area contributed by atoms with Crippen molar-refractivity contribution in [1.82, 2.24) is 25.3 Å². The quantitative estimate of drug-likeness (QED) is 0.578. The van der Waals surface area contributed by atoms with Gasteiger partial charge in [0.15, 0.2) is 11.5 Å². The van der Waals surface area contributed by atoms with Crippen molar-refractivity contribution >= 4 is 17.9 Å². The van der Waals surface area contributed by atoms with Gasteiger partial charge in [-0.15, -0.1) is 0 Å². The number of nitrogens with one attached hydrogen (secondary N) is 1. The van der Waals surface area contributed by atoms with Crippen LogP contribution in [0.1, 0.15) is 18.4 Å². The number of para-hydroxylation sites is 1. The summed E-state index contributed by atoms with van der Waals surface area (Å²) in [6.07, 6.45) is 1.49. The Kier molecular flexibility index (Phi) is 6.01. The topological polar surface area (TPSA) is 119 Å². The van der Waals surface area contributed by atoms with Crippen molar-refractivity contribution in [3.63, 3.8) is 0 Å². The number of halogens is 3. The van der Waals surface area contributed by atoms with Gasteiger partial charge in [-0.25, -0.2) is 24.7 Å². The van der Waals surface area contributed by atoms with E-state index in [-0.39, 0.29) is 17.4 Å². The van der Waals surface area contributed by atoms with Crippen LogP contribution >= 0.6 is 0 Å². The van der Waals surface area contributed by atoms with E-state index in [1.165, 1.54) is 44.0 Å². The molecule has 34 heavy (non-hydrogen) atoms. The zero-order valence-electron chi connectivity index (χ0n) is 17.6. The van der Waals surface area contributed by atoms with E-state index >= 15 is 0 Å². The third-order valence-electron chi connectivity index (χ3n) is 4.89. The van der Waals surface area contributed by atoms with Crippen molar-refractivity contribution in [2.75, 3.05) is 11.9 Å². The number of alkyl halides is 3. The summed E-state index contributed by atoms with van der Waals surface area (Å²) in [5.74, 6) is -0.847. The van der Waals surface area contributed by atoms with Gasteiger partial charge < -0.3 is 14.8 Å². The van der Waals surface area contributed by atoms with E-state index in [1.807, 2.05) is 0 Å². The molecule has 1 aliphatic carbocycles. The molecule has 1 saturated carbocycles. The molecule has 2 aromatic heterocycles. The third kappa shape index (κ3) is 5.03. The Bertz CT molecular complexity index is 1190. The molecule has 0 unspecified atom stereocenters. The monoisotopic (exact) mass is 474 g/mol. The van der Waals surface area contributed by atoms with Crippen molar-refractivity contribution < 1.29 is 32.2 Å². The van der Waals surface area contributed by atoms with Gasteiger partial charge in [-0.3, -0.25) is 9.69 Å². The highest BCUT2D eigenvalue weighted by Gasteiger charge is 2.53. The van der Waals surface area contributed by atoms with Crippen LogP contribution in [-0.4, -0.2) is 44.5 Å². The fourth-order valence-corrected chi connectivity index (χ4v) is 3.05. The van der Waals surface area contributed by atoms with Crippen molar-refractivity contribution in [2.45, 2.75) is 24.6 Å². The number of benzene rings is 1. The van der Waals surface area contributed by atoms with E-state index in [9.17, 15) is 22.8 Å². The predicted octanol–water partition coefficient (Wildman–Crippen LogP) is 3.36. The lowest BCUT2D eigenvalue weighted by Gasteiger charge is -2.22. The SMILES string of the molecule is CN(C(=O)C1(NC(=O)Oc2cncnc2)CC1)c1ncc(Oc2ccccc2C(F)(F)F)cn1. The summed E-state index contributed by atoms with van der Waals surface area (Å²) in [4.78, 5) is 41.7. The molecule has 1 N–H and O–H groups in total. The average Bonchev–Trinajstić information content (AvgIpc) is 3.59. The molecule has 1 aliphatic rings. The molecule has 0 radical (unpaired) electrons. The number of amides is 2. The first kappa shape index (κ1) is 22.9. The fraction of sp³-hybridized carbons (Fsp3) is 0.238. The van der Waals surface area contributed by atoms with Crippen LogP contribution in [0, 0.1) is 0 Å². The van der Waals surface area contributed by atoms with Crippen LogP contribution in [0.4, 0.5) is 23.9 Å². The van der Waals surface area contributed by atoms with Crippen molar-refractivity contribution in [3.8, 4) is 17.2 Å². The lowest BCUT2D eigenvalue weighted by molar-refractivity contribution is -0.138. The van der Waals surface area contributed by atoms with Gasteiger partial charge in [-0.2, -0.15) is 13.2 Å². The highest BCUT2D eigenvalue weighted by molar-refractivity contribution is 6.02. The third-order valence-corrected chi connectivity index (χ3v) is 4.89. The minimum Gasteiger partial charge on any atom is -0.453 e. The average molecular weight is 474 g/mol. The molecule has 0 atom stereocenters. The number of likely N-dealkylation sites (N-methyl/N-ethyl adjacent to an activating group) is 1. The molecular weight excluding hydrogens is 457 g/mol. The molecule has 4 rings (SSSR count). The lowest BCUT2D eigenvalue weighted by atomic mass is 10.2. The van der Waals surface area contributed by atoms with E-state index in [2.05, 4.69) is 25.3 Å². The second-order valence-electron chi connectivity index (χ2n) is 7.35. The molecule has 0 aliphatic heterocycles. The molecule has 0 saturated heterocycles. The predicted molar refractivity (Wildman–Crippen MR) is 110 cm³/mol. The first-order chi connectivity index (χ1) is 16.2. The van der Waals surface area contributed by atoms with Gasteiger partial charge in [0, 0.05) is 7.05 Å². The van der Waals surface area contributed by atoms with Gasteiger partial charge in [-0.05, 0) is 25.0 Å². The van der Waals surface area contributed by atoms with Gasteiger partial charge in [0.1, 0.15) is 17.6 Å². The summed E-state index contributed by atoms with van der Waals surface area (Å²) >= 11 is 0. The molecule has 176 valence electrons. The van der Waals surface area contributed by atoms with Crippen LogP contribution in [0.5, 0.6) is 17.2 Å². The highest BCUT2D eigenvalue weighted by atomic mass is 19.4. The van der Waals surface area contributed by atoms with Crippen LogP contribution in [-0.2, 0) is 11.0 Å². The second-order valence-corrected chi connectivity index (χ2v) is 7.35. The Morgan fingerprint density at radius 2 is 1.68 bits per heavy atom. The van der Waals surface area contributed by atoms with Crippen LogP contribution < -0.4 is 19.7 Å². The Morgan fingerprint density at radius 3 is 2.29 bits per heavy atom. The number of ether oxygens (including phenoxy) is 2. The summed E-state index contributed by atoms with van der Waals surface area (Å²) in [6, 6.07) is 4.73. The van der Waals surface area contributed by atoms with Crippen LogP contribution in [0.15, 0.2) is 55.4 Å². The highest BCUT2D eigenvalue weighted by Crippen LogP contribution is 2.39. The van der Waals surface area contributed by atoms with Gasteiger partial charge in [0.2, 0.25) is 5.95 Å². The maximum absolute atomic E-state index is 13.1.